The topological polar surface area (TPSA) is 93.3 Å². The summed E-state index contributed by atoms with van der Waals surface area (Å²) in [5, 5.41) is 2.92. The van der Waals surface area contributed by atoms with Crippen molar-refractivity contribution in [1.29, 1.82) is 0 Å². The van der Waals surface area contributed by atoms with Gasteiger partial charge in [-0.15, -0.1) is 0 Å². The van der Waals surface area contributed by atoms with Gasteiger partial charge in [-0.05, 0) is 12.8 Å². The van der Waals surface area contributed by atoms with Crippen LogP contribution in [-0.2, 0) is 9.47 Å². The van der Waals surface area contributed by atoms with Gasteiger partial charge in [0.05, 0.1) is 32.0 Å². The molecule has 2 aliphatic heterocycles. The highest BCUT2D eigenvalue weighted by atomic mass is 16.6. The van der Waals surface area contributed by atoms with Crippen LogP contribution in [-0.4, -0.2) is 47.8 Å². The molecule has 0 aromatic carbocycles. The normalized spacial score (nSPS) is 31.1. The summed E-state index contributed by atoms with van der Waals surface area (Å²) in [6.45, 7) is 1.68. The molecule has 21 heavy (non-hydrogen) atoms. The summed E-state index contributed by atoms with van der Waals surface area (Å²) < 4.78 is 11.0. The van der Waals surface area contributed by atoms with Gasteiger partial charge < -0.3 is 19.8 Å². The first-order chi connectivity index (χ1) is 10.2. The zero-order chi connectivity index (χ0) is 14.4. The summed E-state index contributed by atoms with van der Waals surface area (Å²) in [6, 6.07) is 1.18. The van der Waals surface area contributed by atoms with Gasteiger partial charge in [0.15, 0.2) is 0 Å². The van der Waals surface area contributed by atoms with E-state index in [0.717, 1.165) is 12.8 Å². The minimum atomic E-state index is -0.316. The number of H-pyrrole nitrogens is 1. The lowest BCUT2D eigenvalue weighted by molar-refractivity contribution is 0.0655. The number of hydrogen-bond donors (Lipinski definition) is 2. The maximum atomic E-state index is 12.3. The zero-order valence-electron chi connectivity index (χ0n) is 11.5. The Bertz CT molecular complexity index is 625. The van der Waals surface area contributed by atoms with E-state index in [0.29, 0.717) is 31.6 Å². The first-order valence-corrected chi connectivity index (χ1v) is 7.32. The van der Waals surface area contributed by atoms with E-state index >= 15 is 0 Å². The standard InChI is InChI=1S/C14H17N3O4/c18-12-3-9(15-13(17-12)7-1-2-7)14(19)16-10-5-21-11-6-20-4-8(10)11/h3,7-8,10-11H,1-2,4-6H2,(H,16,19)(H,15,17,18)/t8-,10+,11-/m0/s1. The average molecular weight is 291 g/mol. The van der Waals surface area contributed by atoms with Gasteiger partial charge in [-0.1, -0.05) is 0 Å². The van der Waals surface area contributed by atoms with Crippen molar-refractivity contribution in [1.82, 2.24) is 15.3 Å². The number of hydrogen-bond acceptors (Lipinski definition) is 5. The van der Waals surface area contributed by atoms with Crippen molar-refractivity contribution in [2.24, 2.45) is 5.92 Å². The van der Waals surface area contributed by atoms with E-state index in [-0.39, 0.29) is 35.2 Å². The highest BCUT2D eigenvalue weighted by molar-refractivity contribution is 5.92. The highest BCUT2D eigenvalue weighted by Gasteiger charge is 2.42. The molecule has 3 aliphatic rings. The molecule has 1 aromatic rings. The minimum Gasteiger partial charge on any atom is -0.378 e. The van der Waals surface area contributed by atoms with Crippen LogP contribution in [0.2, 0.25) is 0 Å². The Kier molecular flexibility index (Phi) is 3.04. The number of aromatic amines is 1. The van der Waals surface area contributed by atoms with Gasteiger partial charge in [-0.3, -0.25) is 9.59 Å². The molecule has 3 atom stereocenters. The molecule has 2 N–H and O–H groups in total. The SMILES string of the molecule is O=C(N[C@@H]1CO[C@H]2COC[C@H]21)c1cc(=O)[nH]c(C2CC2)n1. The van der Waals surface area contributed by atoms with Crippen molar-refractivity contribution < 1.29 is 14.3 Å². The van der Waals surface area contributed by atoms with Crippen LogP contribution >= 0.6 is 0 Å². The number of amides is 1. The van der Waals surface area contributed by atoms with E-state index in [4.69, 9.17) is 9.47 Å². The van der Waals surface area contributed by atoms with Crippen molar-refractivity contribution in [2.45, 2.75) is 30.9 Å². The third-order valence-electron chi connectivity index (χ3n) is 4.35. The van der Waals surface area contributed by atoms with E-state index in [2.05, 4.69) is 15.3 Å². The van der Waals surface area contributed by atoms with Gasteiger partial charge in [0.2, 0.25) is 0 Å². The number of carbonyl (C=O) groups is 1. The number of ether oxygens (including phenoxy) is 2. The molecule has 1 saturated carbocycles. The first kappa shape index (κ1) is 13.0. The van der Waals surface area contributed by atoms with Gasteiger partial charge in [0, 0.05) is 17.9 Å². The second kappa shape index (κ2) is 4.92. The van der Waals surface area contributed by atoms with Crippen molar-refractivity contribution in [3.8, 4) is 0 Å². The van der Waals surface area contributed by atoms with E-state index in [1.807, 2.05) is 0 Å². The number of carbonyl (C=O) groups excluding carboxylic acids is 1. The molecule has 1 amide bonds. The third-order valence-corrected chi connectivity index (χ3v) is 4.35. The van der Waals surface area contributed by atoms with Crippen LogP contribution in [0.1, 0.15) is 35.1 Å². The maximum Gasteiger partial charge on any atom is 0.270 e. The Balaban J connectivity index is 1.51. The van der Waals surface area contributed by atoms with Crippen LogP contribution in [0, 0.1) is 5.92 Å². The van der Waals surface area contributed by atoms with E-state index in [1.165, 1.54) is 6.07 Å². The summed E-state index contributed by atoms with van der Waals surface area (Å²) in [5.74, 6) is 0.799. The smallest absolute Gasteiger partial charge is 0.270 e. The second-order valence-corrected chi connectivity index (χ2v) is 5.94. The fourth-order valence-corrected chi connectivity index (χ4v) is 2.98. The fourth-order valence-electron chi connectivity index (χ4n) is 2.98. The summed E-state index contributed by atoms with van der Waals surface area (Å²) in [7, 11) is 0. The molecule has 7 heteroatoms. The van der Waals surface area contributed by atoms with Crippen LogP contribution in [0.5, 0.6) is 0 Å². The summed E-state index contributed by atoms with van der Waals surface area (Å²) in [6.07, 6.45) is 2.11. The van der Waals surface area contributed by atoms with Crippen LogP contribution in [0.25, 0.3) is 0 Å². The average Bonchev–Trinajstić information content (AvgIpc) is 3.10. The minimum absolute atomic E-state index is 0.0736. The summed E-state index contributed by atoms with van der Waals surface area (Å²) >= 11 is 0. The number of nitrogens with zero attached hydrogens (tertiary/aromatic N) is 1. The summed E-state index contributed by atoms with van der Waals surface area (Å²) in [4.78, 5) is 30.9. The van der Waals surface area contributed by atoms with Crippen molar-refractivity contribution >= 4 is 5.91 Å². The van der Waals surface area contributed by atoms with Crippen LogP contribution in [0.4, 0.5) is 0 Å². The lowest BCUT2D eigenvalue weighted by Crippen LogP contribution is -2.41. The Morgan fingerprint density at radius 3 is 3.00 bits per heavy atom. The zero-order valence-corrected chi connectivity index (χ0v) is 11.5. The Labute approximate surface area is 121 Å². The van der Waals surface area contributed by atoms with E-state index in [9.17, 15) is 9.59 Å². The van der Waals surface area contributed by atoms with Gasteiger partial charge in [0.1, 0.15) is 11.5 Å². The number of nitrogens with one attached hydrogen (secondary N) is 2. The molecule has 1 aromatic heterocycles. The molecular weight excluding hydrogens is 274 g/mol. The first-order valence-electron chi connectivity index (χ1n) is 7.32. The molecule has 0 spiro atoms. The maximum absolute atomic E-state index is 12.3. The monoisotopic (exact) mass is 291 g/mol. The molecule has 3 fully saturated rings. The van der Waals surface area contributed by atoms with Crippen LogP contribution < -0.4 is 10.9 Å². The molecule has 0 bridgehead atoms. The van der Waals surface area contributed by atoms with Crippen molar-refractivity contribution in [2.75, 3.05) is 19.8 Å². The number of rotatable bonds is 3. The fraction of sp³-hybridized carbons (Fsp3) is 0.643. The molecule has 0 radical (unpaired) electrons. The lowest BCUT2D eigenvalue weighted by Gasteiger charge is -2.16. The predicted molar refractivity (Wildman–Crippen MR) is 72.1 cm³/mol. The van der Waals surface area contributed by atoms with Crippen LogP contribution in [0.3, 0.4) is 0 Å². The second-order valence-electron chi connectivity index (χ2n) is 5.94. The van der Waals surface area contributed by atoms with Gasteiger partial charge in [0.25, 0.3) is 11.5 Å². The van der Waals surface area contributed by atoms with Gasteiger partial charge >= 0.3 is 0 Å². The van der Waals surface area contributed by atoms with Crippen LogP contribution in [0.15, 0.2) is 10.9 Å². The van der Waals surface area contributed by atoms with E-state index in [1.54, 1.807) is 0 Å². The highest BCUT2D eigenvalue weighted by Crippen LogP contribution is 2.37. The number of fused-ring (bicyclic) bond motifs is 1. The molecule has 0 unspecified atom stereocenters. The Morgan fingerprint density at radius 2 is 2.19 bits per heavy atom. The third kappa shape index (κ3) is 2.47. The van der Waals surface area contributed by atoms with Crippen molar-refractivity contribution in [3.05, 3.63) is 27.9 Å². The molecule has 1 aliphatic carbocycles. The summed E-state index contributed by atoms with van der Waals surface area (Å²) in [5.41, 5.74) is -0.0928. The van der Waals surface area contributed by atoms with Gasteiger partial charge in [-0.25, -0.2) is 4.98 Å². The molecular formula is C14H17N3O4. The quantitative estimate of drug-likeness (QED) is 0.804. The lowest BCUT2D eigenvalue weighted by atomic mass is 10.0. The molecule has 7 nitrogen and oxygen atoms in total. The predicted octanol–water partition coefficient (Wildman–Crippen LogP) is -0.209. The number of aromatic nitrogens is 2. The Hall–Kier alpha value is -1.73. The molecule has 2 saturated heterocycles. The van der Waals surface area contributed by atoms with Gasteiger partial charge in [-0.2, -0.15) is 0 Å². The molecule has 4 rings (SSSR count). The molecule has 3 heterocycles. The van der Waals surface area contributed by atoms with Crippen molar-refractivity contribution in [3.63, 3.8) is 0 Å². The largest absolute Gasteiger partial charge is 0.378 e. The molecule has 112 valence electrons. The van der Waals surface area contributed by atoms with E-state index < -0.39 is 0 Å². The Morgan fingerprint density at radius 1 is 1.33 bits per heavy atom.